The number of hydrogen-bond donors (Lipinski definition) is 1. The molecule has 0 aliphatic carbocycles. The van der Waals surface area contributed by atoms with Crippen molar-refractivity contribution in [3.63, 3.8) is 0 Å². The largest absolute Gasteiger partial charge is 0.388 e. The van der Waals surface area contributed by atoms with E-state index in [2.05, 4.69) is 5.32 Å². The van der Waals surface area contributed by atoms with Crippen molar-refractivity contribution >= 4 is 29.0 Å². The Morgan fingerprint density at radius 1 is 1.52 bits per heavy atom. The fourth-order valence-corrected chi connectivity index (χ4v) is 2.92. The molecule has 0 saturated heterocycles. The Morgan fingerprint density at radius 3 is 2.67 bits per heavy atom. The van der Waals surface area contributed by atoms with Crippen molar-refractivity contribution < 1.29 is 9.72 Å². The number of rotatable bonds is 7. The monoisotopic (exact) mass is 311 g/mol. The van der Waals surface area contributed by atoms with Gasteiger partial charge in [0, 0.05) is 37.6 Å². The Balaban J connectivity index is 3.17. The lowest BCUT2D eigenvalue weighted by Gasteiger charge is -2.26. The fraction of sp³-hybridized carbons (Fsp3) is 0.500. The van der Waals surface area contributed by atoms with E-state index in [1.54, 1.807) is 36.8 Å². The molecular weight excluding hydrogens is 290 g/mol. The summed E-state index contributed by atoms with van der Waals surface area (Å²) in [5, 5.41) is 14.0. The van der Waals surface area contributed by atoms with Gasteiger partial charge in [0.05, 0.1) is 4.92 Å². The second-order valence-corrected chi connectivity index (χ2v) is 5.58. The standard InChI is InChI=1S/C14H21N3O3S/c1-5-11(9-21-4)16(3)14(18)12-8-10(15-2)6-7-13(12)17(19)20/h6-8,11,15H,5,9H2,1-4H3. The molecule has 0 spiro atoms. The number of benzene rings is 1. The van der Waals surface area contributed by atoms with Crippen molar-refractivity contribution in [3.8, 4) is 0 Å². The highest BCUT2D eigenvalue weighted by molar-refractivity contribution is 7.98. The third kappa shape index (κ3) is 4.10. The van der Waals surface area contributed by atoms with Gasteiger partial charge in [-0.15, -0.1) is 0 Å². The average molecular weight is 311 g/mol. The zero-order chi connectivity index (χ0) is 16.0. The van der Waals surface area contributed by atoms with Crippen LogP contribution >= 0.6 is 11.8 Å². The highest BCUT2D eigenvalue weighted by atomic mass is 32.2. The van der Waals surface area contributed by atoms with E-state index < -0.39 is 4.92 Å². The van der Waals surface area contributed by atoms with Gasteiger partial charge in [-0.1, -0.05) is 6.92 Å². The molecule has 1 unspecified atom stereocenters. The molecule has 0 aliphatic heterocycles. The molecule has 0 radical (unpaired) electrons. The molecule has 21 heavy (non-hydrogen) atoms. The van der Waals surface area contributed by atoms with Gasteiger partial charge in [0.1, 0.15) is 5.56 Å². The molecule has 1 aromatic rings. The van der Waals surface area contributed by atoms with Gasteiger partial charge < -0.3 is 10.2 Å². The van der Waals surface area contributed by atoms with Gasteiger partial charge in [-0.3, -0.25) is 14.9 Å². The molecule has 116 valence electrons. The molecule has 0 saturated carbocycles. The molecule has 1 N–H and O–H groups in total. The van der Waals surface area contributed by atoms with Crippen LogP contribution in [-0.2, 0) is 0 Å². The smallest absolute Gasteiger partial charge is 0.282 e. The first-order valence-electron chi connectivity index (χ1n) is 6.68. The van der Waals surface area contributed by atoms with E-state index in [9.17, 15) is 14.9 Å². The molecular formula is C14H21N3O3S. The topological polar surface area (TPSA) is 75.5 Å². The first-order valence-corrected chi connectivity index (χ1v) is 8.07. The first-order chi connectivity index (χ1) is 9.96. The number of hydrogen-bond acceptors (Lipinski definition) is 5. The van der Waals surface area contributed by atoms with Crippen LogP contribution in [0.5, 0.6) is 0 Å². The second kappa shape index (κ2) is 7.87. The Bertz CT molecular complexity index is 522. The van der Waals surface area contributed by atoms with Crippen molar-refractivity contribution in [3.05, 3.63) is 33.9 Å². The van der Waals surface area contributed by atoms with Crippen molar-refractivity contribution in [2.24, 2.45) is 0 Å². The quantitative estimate of drug-likeness (QED) is 0.619. The van der Waals surface area contributed by atoms with Crippen LogP contribution in [0.15, 0.2) is 18.2 Å². The molecule has 7 heteroatoms. The van der Waals surface area contributed by atoms with E-state index in [1.807, 2.05) is 13.2 Å². The van der Waals surface area contributed by atoms with E-state index in [4.69, 9.17) is 0 Å². The SMILES string of the molecule is CCC(CSC)N(C)C(=O)c1cc(NC)ccc1[N+](=O)[O-]. The highest BCUT2D eigenvalue weighted by Crippen LogP contribution is 2.25. The summed E-state index contributed by atoms with van der Waals surface area (Å²) < 4.78 is 0. The van der Waals surface area contributed by atoms with Gasteiger partial charge in [0.15, 0.2) is 0 Å². The van der Waals surface area contributed by atoms with Gasteiger partial charge in [-0.2, -0.15) is 11.8 Å². The van der Waals surface area contributed by atoms with Crippen molar-refractivity contribution in [2.45, 2.75) is 19.4 Å². The molecule has 1 rings (SSSR count). The third-order valence-corrected chi connectivity index (χ3v) is 4.13. The molecule has 0 aliphatic rings. The second-order valence-electron chi connectivity index (χ2n) is 4.67. The first kappa shape index (κ1) is 17.3. The number of nitrogens with one attached hydrogen (secondary N) is 1. The normalized spacial score (nSPS) is 11.8. The average Bonchev–Trinajstić information content (AvgIpc) is 2.50. The summed E-state index contributed by atoms with van der Waals surface area (Å²) in [5.41, 5.74) is 0.633. The van der Waals surface area contributed by atoms with E-state index in [0.29, 0.717) is 5.69 Å². The Morgan fingerprint density at radius 2 is 2.19 bits per heavy atom. The number of nitro groups is 1. The van der Waals surface area contributed by atoms with Gasteiger partial charge >= 0.3 is 0 Å². The van der Waals surface area contributed by atoms with Crippen LogP contribution in [0.25, 0.3) is 0 Å². The van der Waals surface area contributed by atoms with Crippen LogP contribution in [0.1, 0.15) is 23.7 Å². The number of nitro benzene ring substituents is 1. The molecule has 0 bridgehead atoms. The summed E-state index contributed by atoms with van der Waals surface area (Å²) in [6.07, 6.45) is 2.79. The molecule has 6 nitrogen and oxygen atoms in total. The van der Waals surface area contributed by atoms with Crippen LogP contribution in [0.3, 0.4) is 0 Å². The van der Waals surface area contributed by atoms with E-state index in [-0.39, 0.29) is 23.2 Å². The van der Waals surface area contributed by atoms with Crippen molar-refractivity contribution in [1.29, 1.82) is 0 Å². The maximum Gasteiger partial charge on any atom is 0.282 e. The number of amides is 1. The minimum atomic E-state index is -0.518. The molecule has 1 atom stereocenters. The molecule has 0 fully saturated rings. The van der Waals surface area contributed by atoms with E-state index in [1.165, 1.54) is 12.1 Å². The van der Waals surface area contributed by atoms with Crippen LogP contribution in [0, 0.1) is 10.1 Å². The zero-order valence-corrected chi connectivity index (χ0v) is 13.6. The summed E-state index contributed by atoms with van der Waals surface area (Å²) in [4.78, 5) is 24.8. The zero-order valence-electron chi connectivity index (χ0n) is 12.8. The summed E-state index contributed by atoms with van der Waals surface area (Å²) in [7, 11) is 3.41. The van der Waals surface area contributed by atoms with Crippen LogP contribution in [0.2, 0.25) is 0 Å². The van der Waals surface area contributed by atoms with Crippen molar-refractivity contribution in [2.75, 3.05) is 31.4 Å². The molecule has 1 aromatic carbocycles. The fourth-order valence-electron chi connectivity index (χ4n) is 2.07. The summed E-state index contributed by atoms with van der Waals surface area (Å²) in [6, 6.07) is 4.55. The summed E-state index contributed by atoms with van der Waals surface area (Å²) >= 11 is 1.65. The number of carbonyl (C=O) groups excluding carboxylic acids is 1. The minimum Gasteiger partial charge on any atom is -0.388 e. The van der Waals surface area contributed by atoms with Gasteiger partial charge in [0.25, 0.3) is 11.6 Å². The maximum absolute atomic E-state index is 12.6. The predicted molar refractivity (Wildman–Crippen MR) is 87.2 cm³/mol. The van der Waals surface area contributed by atoms with Gasteiger partial charge in [0.2, 0.25) is 0 Å². The van der Waals surface area contributed by atoms with Crippen LogP contribution in [-0.4, -0.2) is 47.9 Å². The number of carbonyl (C=O) groups is 1. The summed E-state index contributed by atoms with van der Waals surface area (Å²) in [5.74, 6) is 0.484. The van der Waals surface area contributed by atoms with Gasteiger partial charge in [-0.05, 0) is 24.8 Å². The highest BCUT2D eigenvalue weighted by Gasteiger charge is 2.26. The minimum absolute atomic E-state index is 0.0605. The van der Waals surface area contributed by atoms with Crippen molar-refractivity contribution in [1.82, 2.24) is 4.90 Å². The number of anilines is 1. The molecule has 0 heterocycles. The molecule has 1 amide bonds. The predicted octanol–water partition coefficient (Wildman–Crippen LogP) is 2.85. The Hall–Kier alpha value is -1.76. The molecule has 0 aromatic heterocycles. The number of thioether (sulfide) groups is 1. The van der Waals surface area contributed by atoms with Crippen LogP contribution in [0.4, 0.5) is 11.4 Å². The van der Waals surface area contributed by atoms with Gasteiger partial charge in [-0.25, -0.2) is 0 Å². The maximum atomic E-state index is 12.6. The Kier molecular flexibility index (Phi) is 6.48. The Labute approximate surface area is 129 Å². The lowest BCUT2D eigenvalue weighted by atomic mass is 10.1. The van der Waals surface area contributed by atoms with E-state index in [0.717, 1.165) is 12.2 Å². The van der Waals surface area contributed by atoms with Crippen LogP contribution < -0.4 is 5.32 Å². The lowest BCUT2D eigenvalue weighted by Crippen LogP contribution is -2.38. The van der Waals surface area contributed by atoms with E-state index >= 15 is 0 Å². The number of nitrogens with zero attached hydrogens (tertiary/aromatic N) is 2. The third-order valence-electron chi connectivity index (χ3n) is 3.41. The lowest BCUT2D eigenvalue weighted by molar-refractivity contribution is -0.385. The summed E-state index contributed by atoms with van der Waals surface area (Å²) in [6.45, 7) is 2.00.